The summed E-state index contributed by atoms with van der Waals surface area (Å²) in [6.45, 7) is 2.24. The smallest absolute Gasteiger partial charge is 0.328 e. The molecule has 1 amide bonds. The molecule has 0 saturated carbocycles. The first-order valence-corrected chi connectivity index (χ1v) is 6.43. The van der Waals surface area contributed by atoms with Crippen molar-refractivity contribution in [2.45, 2.75) is 19.9 Å². The van der Waals surface area contributed by atoms with Gasteiger partial charge in [-0.1, -0.05) is 0 Å². The topological polar surface area (TPSA) is 96.9 Å². The summed E-state index contributed by atoms with van der Waals surface area (Å²) in [5.41, 5.74) is 1.09. The minimum absolute atomic E-state index is 0.0759. The Kier molecular flexibility index (Phi) is 4.32. The Morgan fingerprint density at radius 2 is 2.19 bits per heavy atom. The molecule has 0 atom stereocenters. The van der Waals surface area contributed by atoms with E-state index < -0.39 is 11.2 Å². The molecule has 7 nitrogen and oxygen atoms in total. The van der Waals surface area contributed by atoms with Crippen LogP contribution in [0.25, 0.3) is 0 Å². The Balaban J connectivity index is 2.01. The third-order valence-corrected chi connectivity index (χ3v) is 3.06. The van der Waals surface area contributed by atoms with E-state index >= 15 is 0 Å². The predicted molar refractivity (Wildman–Crippen MR) is 76.8 cm³/mol. The highest BCUT2D eigenvalue weighted by atomic mass is 16.2. The zero-order chi connectivity index (χ0) is 15.4. The van der Waals surface area contributed by atoms with E-state index in [0.29, 0.717) is 6.54 Å². The van der Waals surface area contributed by atoms with Gasteiger partial charge in [0.05, 0.1) is 6.42 Å². The molecule has 0 aliphatic heterocycles. The standard InChI is InChI=1S/C14H16N4O3/c1-9-5-10(3-4-15-9)7-16-12(19)6-11-8-17-14(21)18(2)13(11)20/h3-5,8H,6-7H2,1-2H3,(H,16,19)(H,17,21). The fourth-order valence-corrected chi connectivity index (χ4v) is 1.89. The lowest BCUT2D eigenvalue weighted by molar-refractivity contribution is -0.120. The van der Waals surface area contributed by atoms with Crippen LogP contribution in [0.1, 0.15) is 16.8 Å². The molecule has 0 unspecified atom stereocenters. The molecule has 0 saturated heterocycles. The van der Waals surface area contributed by atoms with Gasteiger partial charge in [0, 0.05) is 37.2 Å². The number of aromatic amines is 1. The van der Waals surface area contributed by atoms with Crippen LogP contribution < -0.4 is 16.6 Å². The maximum absolute atomic E-state index is 11.9. The summed E-state index contributed by atoms with van der Waals surface area (Å²) in [5.74, 6) is -0.284. The minimum atomic E-state index is -0.503. The highest BCUT2D eigenvalue weighted by Gasteiger charge is 2.09. The molecule has 0 spiro atoms. The molecular formula is C14H16N4O3. The number of nitrogens with one attached hydrogen (secondary N) is 2. The van der Waals surface area contributed by atoms with Crippen LogP contribution in [-0.2, 0) is 24.8 Å². The van der Waals surface area contributed by atoms with Gasteiger partial charge in [0.15, 0.2) is 0 Å². The van der Waals surface area contributed by atoms with Gasteiger partial charge < -0.3 is 10.3 Å². The van der Waals surface area contributed by atoms with E-state index in [2.05, 4.69) is 15.3 Å². The van der Waals surface area contributed by atoms with E-state index in [4.69, 9.17) is 0 Å². The number of amides is 1. The summed E-state index contributed by atoms with van der Waals surface area (Å²) in [4.78, 5) is 41.4. The fraction of sp³-hybridized carbons (Fsp3) is 0.286. The monoisotopic (exact) mass is 288 g/mol. The molecule has 7 heteroatoms. The number of nitrogens with zero attached hydrogens (tertiary/aromatic N) is 2. The average molecular weight is 288 g/mol. The highest BCUT2D eigenvalue weighted by Crippen LogP contribution is 2.00. The summed E-state index contributed by atoms with van der Waals surface area (Å²) in [5, 5.41) is 2.73. The number of H-pyrrole nitrogens is 1. The van der Waals surface area contributed by atoms with Crippen LogP contribution in [0, 0.1) is 6.92 Å². The van der Waals surface area contributed by atoms with Crippen LogP contribution in [-0.4, -0.2) is 20.4 Å². The third kappa shape index (κ3) is 3.65. The van der Waals surface area contributed by atoms with Gasteiger partial charge >= 0.3 is 5.69 Å². The molecule has 21 heavy (non-hydrogen) atoms. The Hall–Kier alpha value is -2.70. The van der Waals surface area contributed by atoms with E-state index in [-0.39, 0.29) is 17.9 Å². The van der Waals surface area contributed by atoms with E-state index in [1.165, 1.54) is 13.2 Å². The summed E-state index contributed by atoms with van der Waals surface area (Å²) >= 11 is 0. The van der Waals surface area contributed by atoms with Crippen molar-refractivity contribution in [3.8, 4) is 0 Å². The molecule has 2 aromatic rings. The van der Waals surface area contributed by atoms with Gasteiger partial charge in [0.2, 0.25) is 5.91 Å². The first-order valence-electron chi connectivity index (χ1n) is 6.43. The van der Waals surface area contributed by atoms with E-state index in [9.17, 15) is 14.4 Å². The Morgan fingerprint density at radius 3 is 2.90 bits per heavy atom. The molecule has 0 bridgehead atoms. The third-order valence-electron chi connectivity index (χ3n) is 3.06. The van der Waals surface area contributed by atoms with Crippen molar-refractivity contribution in [1.29, 1.82) is 0 Å². The zero-order valence-corrected chi connectivity index (χ0v) is 11.8. The number of hydrogen-bond donors (Lipinski definition) is 2. The first kappa shape index (κ1) is 14.7. The molecule has 2 heterocycles. The van der Waals surface area contributed by atoms with Crippen molar-refractivity contribution in [3.05, 3.63) is 62.2 Å². The molecule has 0 radical (unpaired) electrons. The highest BCUT2D eigenvalue weighted by molar-refractivity contribution is 5.78. The first-order chi connectivity index (χ1) is 9.97. The summed E-state index contributed by atoms with van der Waals surface area (Å²) < 4.78 is 0.939. The quantitative estimate of drug-likeness (QED) is 0.802. The van der Waals surface area contributed by atoms with E-state index in [0.717, 1.165) is 15.8 Å². The van der Waals surface area contributed by atoms with Gasteiger partial charge in [-0.2, -0.15) is 0 Å². The van der Waals surface area contributed by atoms with Crippen molar-refractivity contribution in [2.24, 2.45) is 7.05 Å². The lowest BCUT2D eigenvalue weighted by atomic mass is 10.2. The number of rotatable bonds is 4. The summed E-state index contributed by atoms with van der Waals surface area (Å²) in [6.07, 6.45) is 2.88. The van der Waals surface area contributed by atoms with Crippen molar-refractivity contribution in [3.63, 3.8) is 0 Å². The van der Waals surface area contributed by atoms with E-state index in [1.54, 1.807) is 6.20 Å². The normalized spacial score (nSPS) is 10.4. The van der Waals surface area contributed by atoms with Gasteiger partial charge in [0.1, 0.15) is 0 Å². The fourth-order valence-electron chi connectivity index (χ4n) is 1.89. The maximum atomic E-state index is 11.9. The van der Waals surface area contributed by atoms with Crippen LogP contribution in [0.4, 0.5) is 0 Å². The number of aromatic nitrogens is 3. The van der Waals surface area contributed by atoms with Crippen molar-refractivity contribution in [2.75, 3.05) is 0 Å². The molecule has 0 aliphatic rings. The predicted octanol–water partition coefficient (Wildman–Crippen LogP) is -0.364. The lowest BCUT2D eigenvalue weighted by Gasteiger charge is -2.06. The van der Waals surface area contributed by atoms with Crippen molar-refractivity contribution in [1.82, 2.24) is 19.9 Å². The largest absolute Gasteiger partial charge is 0.352 e. The van der Waals surface area contributed by atoms with Gasteiger partial charge in [-0.15, -0.1) is 0 Å². The van der Waals surface area contributed by atoms with Crippen LogP contribution >= 0.6 is 0 Å². The lowest BCUT2D eigenvalue weighted by Crippen LogP contribution is -2.36. The Morgan fingerprint density at radius 1 is 1.43 bits per heavy atom. The second-order valence-corrected chi connectivity index (χ2v) is 4.74. The van der Waals surface area contributed by atoms with Gasteiger partial charge in [0.25, 0.3) is 5.56 Å². The average Bonchev–Trinajstić information content (AvgIpc) is 2.46. The molecule has 0 aromatic carbocycles. The van der Waals surface area contributed by atoms with Gasteiger partial charge in [-0.3, -0.25) is 19.1 Å². The van der Waals surface area contributed by atoms with Crippen LogP contribution in [0.2, 0.25) is 0 Å². The van der Waals surface area contributed by atoms with Crippen LogP contribution in [0.5, 0.6) is 0 Å². The van der Waals surface area contributed by atoms with Crippen molar-refractivity contribution < 1.29 is 4.79 Å². The summed E-state index contributed by atoms with van der Waals surface area (Å²) in [6, 6.07) is 3.69. The molecule has 2 rings (SSSR count). The molecule has 0 aliphatic carbocycles. The van der Waals surface area contributed by atoms with Gasteiger partial charge in [-0.25, -0.2) is 4.79 Å². The molecule has 2 N–H and O–H groups in total. The number of carbonyl (C=O) groups is 1. The molecular weight excluding hydrogens is 272 g/mol. The second-order valence-electron chi connectivity index (χ2n) is 4.74. The van der Waals surface area contributed by atoms with Crippen LogP contribution in [0.3, 0.4) is 0 Å². The maximum Gasteiger partial charge on any atom is 0.328 e. The molecule has 110 valence electrons. The number of aryl methyl sites for hydroxylation is 1. The SMILES string of the molecule is Cc1cc(CNC(=O)Cc2c[nH]c(=O)n(C)c2=O)ccn1. The zero-order valence-electron chi connectivity index (χ0n) is 11.8. The second kappa shape index (κ2) is 6.17. The summed E-state index contributed by atoms with van der Waals surface area (Å²) in [7, 11) is 1.36. The van der Waals surface area contributed by atoms with Gasteiger partial charge in [-0.05, 0) is 24.6 Å². The number of pyridine rings is 1. The molecule has 0 fully saturated rings. The minimum Gasteiger partial charge on any atom is -0.352 e. The van der Waals surface area contributed by atoms with Crippen molar-refractivity contribution >= 4 is 5.91 Å². The molecule has 2 aromatic heterocycles. The Bertz CT molecular complexity index is 776. The van der Waals surface area contributed by atoms with E-state index in [1.807, 2.05) is 19.1 Å². The number of carbonyl (C=O) groups excluding carboxylic acids is 1. The number of hydrogen-bond acceptors (Lipinski definition) is 4. The van der Waals surface area contributed by atoms with Crippen LogP contribution in [0.15, 0.2) is 34.1 Å². The Labute approximate surface area is 120 Å².